The van der Waals surface area contributed by atoms with Crippen molar-refractivity contribution >= 4 is 24.2 Å². The molecule has 0 saturated heterocycles. The molecule has 0 aliphatic carbocycles. The van der Waals surface area contributed by atoms with Gasteiger partial charge in [-0.15, -0.1) is 0 Å². The van der Waals surface area contributed by atoms with Gasteiger partial charge in [-0.3, -0.25) is 9.59 Å². The Bertz CT molecular complexity index is 946. The molecule has 2 aromatic rings. The summed E-state index contributed by atoms with van der Waals surface area (Å²) in [6, 6.07) is 18.0. The van der Waals surface area contributed by atoms with Crippen LogP contribution in [0.4, 0.5) is 9.59 Å². The smallest absolute Gasteiger partial charge is 0.481 e. The maximum Gasteiger partial charge on any atom is 0.511 e. The summed E-state index contributed by atoms with van der Waals surface area (Å²) < 4.78 is 24.8. The third-order valence-electron chi connectivity index (χ3n) is 4.96. The molecule has 194 valence electrons. The summed E-state index contributed by atoms with van der Waals surface area (Å²) in [6.07, 6.45) is -0.111. The van der Waals surface area contributed by atoms with Gasteiger partial charge in [0, 0.05) is 6.42 Å². The highest BCUT2D eigenvalue weighted by atomic mass is 16.8. The lowest BCUT2D eigenvalue weighted by Crippen LogP contribution is -2.26. The summed E-state index contributed by atoms with van der Waals surface area (Å²) in [5, 5.41) is 8.74. The molecule has 1 unspecified atom stereocenters. The highest BCUT2D eigenvalue weighted by molar-refractivity contribution is 5.73. The highest BCUT2D eigenvalue weighted by Gasteiger charge is 2.23. The molecule has 10 nitrogen and oxygen atoms in total. The second kappa shape index (κ2) is 16.5. The predicted octanol–water partition coefficient (Wildman–Crippen LogP) is 4.85. The Morgan fingerprint density at radius 2 is 1.22 bits per heavy atom. The Morgan fingerprint density at radius 1 is 0.667 bits per heavy atom. The van der Waals surface area contributed by atoms with E-state index in [1.165, 1.54) is 0 Å². The summed E-state index contributed by atoms with van der Waals surface area (Å²) >= 11 is 0. The Morgan fingerprint density at radius 3 is 1.78 bits per heavy atom. The van der Waals surface area contributed by atoms with Crippen molar-refractivity contribution in [2.24, 2.45) is 5.92 Å². The lowest BCUT2D eigenvalue weighted by Gasteiger charge is -2.16. The number of carboxylic acid groups (broad SMARTS) is 1. The van der Waals surface area contributed by atoms with E-state index in [-0.39, 0.29) is 32.7 Å². The fraction of sp³-hybridized carbons (Fsp3) is 0.385. The average Bonchev–Trinajstić information content (AvgIpc) is 2.88. The number of hydrogen-bond donors (Lipinski definition) is 1. The molecule has 10 heteroatoms. The number of carbonyl (C=O) groups excluding carboxylic acids is 3. The molecule has 0 heterocycles. The number of benzene rings is 2. The van der Waals surface area contributed by atoms with E-state index in [9.17, 15) is 19.2 Å². The van der Waals surface area contributed by atoms with Gasteiger partial charge in [-0.1, -0.05) is 73.5 Å². The predicted molar refractivity (Wildman–Crippen MR) is 125 cm³/mol. The highest BCUT2D eigenvalue weighted by Crippen LogP contribution is 2.15. The number of rotatable bonds is 15. The first kappa shape index (κ1) is 28.2. The van der Waals surface area contributed by atoms with Gasteiger partial charge in [0.05, 0.1) is 5.92 Å². The summed E-state index contributed by atoms with van der Waals surface area (Å²) in [5.74, 6) is -2.48. The number of esters is 1. The zero-order valence-electron chi connectivity index (χ0n) is 19.8. The van der Waals surface area contributed by atoms with Gasteiger partial charge in [0.15, 0.2) is 0 Å². The molecule has 0 radical (unpaired) electrons. The minimum absolute atomic E-state index is 0.00548. The monoisotopic (exact) mass is 502 g/mol. The molecule has 2 rings (SSSR count). The number of aliphatic carboxylic acids is 1. The third-order valence-corrected chi connectivity index (χ3v) is 4.96. The molecule has 1 atom stereocenters. The van der Waals surface area contributed by atoms with Crippen molar-refractivity contribution in [2.75, 3.05) is 13.4 Å². The fourth-order valence-corrected chi connectivity index (χ4v) is 3.05. The first-order chi connectivity index (χ1) is 17.4. The van der Waals surface area contributed by atoms with Crippen molar-refractivity contribution in [2.45, 2.75) is 45.3 Å². The molecular formula is C26H30O10. The zero-order valence-corrected chi connectivity index (χ0v) is 19.8. The molecule has 2 aromatic carbocycles. The SMILES string of the molecule is O=C(O)CCCCCC(COC(=O)OCc1ccccc1)C(=O)OCOC(=O)OCc1ccccc1. The maximum absolute atomic E-state index is 12.5. The van der Waals surface area contributed by atoms with E-state index in [4.69, 9.17) is 28.8 Å². The molecule has 0 spiro atoms. The molecule has 1 N–H and O–H groups in total. The van der Waals surface area contributed by atoms with Crippen LogP contribution in [0, 0.1) is 5.92 Å². The lowest BCUT2D eigenvalue weighted by atomic mass is 10.0. The van der Waals surface area contributed by atoms with E-state index in [1.807, 2.05) is 12.1 Å². The van der Waals surface area contributed by atoms with Crippen LogP contribution >= 0.6 is 0 Å². The molecule has 0 aliphatic heterocycles. The summed E-state index contributed by atoms with van der Waals surface area (Å²) in [5.41, 5.74) is 1.55. The quantitative estimate of drug-likeness (QED) is 0.156. The number of unbranched alkanes of at least 4 members (excludes halogenated alkanes) is 2. The standard InChI is InChI=1S/C26H30O10/c27-23(28)15-9-3-8-14-22(18-34-25(30)32-16-20-10-4-1-5-11-20)24(29)35-19-36-26(31)33-17-21-12-6-2-7-13-21/h1-2,4-7,10-13,22H,3,8-9,14-19H2,(H,27,28). The molecule has 0 bridgehead atoms. The van der Waals surface area contributed by atoms with Crippen molar-refractivity contribution in [1.29, 1.82) is 0 Å². The number of carbonyl (C=O) groups is 4. The van der Waals surface area contributed by atoms with Crippen LogP contribution < -0.4 is 0 Å². The van der Waals surface area contributed by atoms with Gasteiger partial charge >= 0.3 is 24.2 Å². The molecule has 0 aromatic heterocycles. The van der Waals surface area contributed by atoms with E-state index >= 15 is 0 Å². The van der Waals surface area contributed by atoms with Crippen LogP contribution in [0.15, 0.2) is 60.7 Å². The Balaban J connectivity index is 1.75. The molecule has 36 heavy (non-hydrogen) atoms. The second-order valence-electron chi connectivity index (χ2n) is 7.78. The summed E-state index contributed by atoms with van der Waals surface area (Å²) in [7, 11) is 0. The summed E-state index contributed by atoms with van der Waals surface area (Å²) in [4.78, 5) is 46.8. The van der Waals surface area contributed by atoms with Crippen LogP contribution in [0.5, 0.6) is 0 Å². The molecular weight excluding hydrogens is 472 g/mol. The van der Waals surface area contributed by atoms with Crippen molar-refractivity contribution < 1.29 is 48.0 Å². The van der Waals surface area contributed by atoms with Crippen LogP contribution in [0.3, 0.4) is 0 Å². The minimum Gasteiger partial charge on any atom is -0.481 e. The molecule has 0 amide bonds. The van der Waals surface area contributed by atoms with Gasteiger partial charge in [0.1, 0.15) is 19.8 Å². The van der Waals surface area contributed by atoms with Crippen molar-refractivity contribution in [3.05, 3.63) is 71.8 Å². The topological polar surface area (TPSA) is 135 Å². The van der Waals surface area contributed by atoms with Crippen molar-refractivity contribution in [1.82, 2.24) is 0 Å². The first-order valence-corrected chi connectivity index (χ1v) is 11.5. The second-order valence-corrected chi connectivity index (χ2v) is 7.78. The first-order valence-electron chi connectivity index (χ1n) is 11.5. The van der Waals surface area contributed by atoms with Crippen LogP contribution in [-0.2, 0) is 46.5 Å². The van der Waals surface area contributed by atoms with Crippen molar-refractivity contribution in [3.8, 4) is 0 Å². The van der Waals surface area contributed by atoms with Crippen LogP contribution in [0.2, 0.25) is 0 Å². The molecule has 0 saturated carbocycles. The minimum atomic E-state index is -1.00. The number of carboxylic acids is 1. The lowest BCUT2D eigenvalue weighted by molar-refractivity contribution is -0.160. The van der Waals surface area contributed by atoms with Gasteiger partial charge in [-0.25, -0.2) is 9.59 Å². The Kier molecular flexibility index (Phi) is 12.9. The Labute approximate surface area is 209 Å². The Hall–Kier alpha value is -4.08. The zero-order chi connectivity index (χ0) is 26.0. The normalized spacial score (nSPS) is 11.1. The van der Waals surface area contributed by atoms with E-state index < -0.39 is 37.0 Å². The van der Waals surface area contributed by atoms with Crippen LogP contribution in [0.1, 0.15) is 43.2 Å². The average molecular weight is 503 g/mol. The van der Waals surface area contributed by atoms with E-state index in [0.29, 0.717) is 19.3 Å². The van der Waals surface area contributed by atoms with E-state index in [2.05, 4.69) is 0 Å². The van der Waals surface area contributed by atoms with E-state index in [0.717, 1.165) is 11.1 Å². The molecule has 0 fully saturated rings. The number of ether oxygens (including phenoxy) is 5. The van der Waals surface area contributed by atoms with Gasteiger partial charge in [-0.2, -0.15) is 0 Å². The fourth-order valence-electron chi connectivity index (χ4n) is 3.05. The van der Waals surface area contributed by atoms with Crippen molar-refractivity contribution in [3.63, 3.8) is 0 Å². The molecule has 0 aliphatic rings. The van der Waals surface area contributed by atoms with Crippen LogP contribution in [0.25, 0.3) is 0 Å². The van der Waals surface area contributed by atoms with Gasteiger partial charge in [0.25, 0.3) is 0 Å². The maximum atomic E-state index is 12.5. The number of hydrogen-bond acceptors (Lipinski definition) is 9. The summed E-state index contributed by atoms with van der Waals surface area (Å²) in [6.45, 7) is -0.946. The largest absolute Gasteiger partial charge is 0.511 e. The van der Waals surface area contributed by atoms with Gasteiger partial charge < -0.3 is 28.8 Å². The van der Waals surface area contributed by atoms with Gasteiger partial charge in [0.2, 0.25) is 6.79 Å². The van der Waals surface area contributed by atoms with Crippen LogP contribution in [-0.4, -0.2) is 42.8 Å². The third kappa shape index (κ3) is 12.4. The van der Waals surface area contributed by atoms with Gasteiger partial charge in [-0.05, 0) is 24.0 Å². The van der Waals surface area contributed by atoms with E-state index in [1.54, 1.807) is 48.5 Å².